The van der Waals surface area contributed by atoms with E-state index in [0.717, 1.165) is 23.5 Å². The summed E-state index contributed by atoms with van der Waals surface area (Å²) in [5.41, 5.74) is 0.525. The van der Waals surface area contributed by atoms with Gasteiger partial charge in [0.05, 0.1) is 10.6 Å². The van der Waals surface area contributed by atoms with Gasteiger partial charge in [0, 0.05) is 25.1 Å². The zero-order valence-electron chi connectivity index (χ0n) is 15.9. The maximum atomic E-state index is 12.8. The van der Waals surface area contributed by atoms with E-state index in [-0.39, 0.29) is 23.9 Å². The van der Waals surface area contributed by atoms with E-state index >= 15 is 0 Å². The monoisotopic (exact) mass is 398 g/mol. The van der Waals surface area contributed by atoms with Crippen LogP contribution >= 0.6 is 11.3 Å². The third-order valence-corrected chi connectivity index (χ3v) is 5.83. The first-order valence-electron chi connectivity index (χ1n) is 9.30. The molecule has 3 aromatic rings. The van der Waals surface area contributed by atoms with Crippen LogP contribution in [0.4, 0.5) is 0 Å². The van der Waals surface area contributed by atoms with Crippen LogP contribution in [0.2, 0.25) is 0 Å². The van der Waals surface area contributed by atoms with Gasteiger partial charge in [0.25, 0.3) is 5.56 Å². The molecule has 1 aliphatic rings. The van der Waals surface area contributed by atoms with Crippen LogP contribution in [0.15, 0.2) is 28.4 Å². The Bertz CT molecular complexity index is 1040. The SMILES string of the molecule is Cc1nc(C)n(CC(=O)N2CCC[C@@H](c3nc(-c4cccs4)cc(=O)[nH]3)C2)n1. The Morgan fingerprint density at radius 2 is 2.21 bits per heavy atom. The van der Waals surface area contributed by atoms with Crippen LogP contribution in [-0.4, -0.2) is 48.6 Å². The molecule has 0 saturated carbocycles. The van der Waals surface area contributed by atoms with E-state index in [2.05, 4.69) is 20.1 Å². The summed E-state index contributed by atoms with van der Waals surface area (Å²) in [5, 5.41) is 6.24. The van der Waals surface area contributed by atoms with Gasteiger partial charge in [-0.05, 0) is 38.1 Å². The molecule has 0 spiro atoms. The molecule has 4 rings (SSSR count). The van der Waals surface area contributed by atoms with Gasteiger partial charge in [-0.2, -0.15) is 5.10 Å². The minimum absolute atomic E-state index is 0.00876. The van der Waals surface area contributed by atoms with Crippen LogP contribution < -0.4 is 5.56 Å². The quantitative estimate of drug-likeness (QED) is 0.726. The van der Waals surface area contributed by atoms with E-state index in [4.69, 9.17) is 0 Å². The van der Waals surface area contributed by atoms with Gasteiger partial charge in [-0.25, -0.2) is 14.6 Å². The van der Waals surface area contributed by atoms with E-state index < -0.39 is 0 Å². The third kappa shape index (κ3) is 3.89. The normalized spacial score (nSPS) is 17.1. The predicted octanol–water partition coefficient (Wildman–Crippen LogP) is 2.11. The third-order valence-electron chi connectivity index (χ3n) is 4.94. The number of aromatic nitrogens is 5. The average Bonchev–Trinajstić information content (AvgIpc) is 3.31. The number of piperidine rings is 1. The molecule has 1 fully saturated rings. The van der Waals surface area contributed by atoms with Gasteiger partial charge in [0.15, 0.2) is 0 Å². The highest BCUT2D eigenvalue weighted by Gasteiger charge is 2.27. The minimum Gasteiger partial charge on any atom is -0.340 e. The summed E-state index contributed by atoms with van der Waals surface area (Å²) < 4.78 is 1.64. The van der Waals surface area contributed by atoms with Crippen molar-refractivity contribution >= 4 is 17.2 Å². The lowest BCUT2D eigenvalue weighted by molar-refractivity contribution is -0.133. The lowest BCUT2D eigenvalue weighted by Gasteiger charge is -2.32. The van der Waals surface area contributed by atoms with Gasteiger partial charge in [-0.1, -0.05) is 6.07 Å². The van der Waals surface area contributed by atoms with Crippen LogP contribution in [0.1, 0.15) is 36.2 Å². The zero-order valence-corrected chi connectivity index (χ0v) is 16.7. The number of H-pyrrole nitrogens is 1. The molecule has 9 heteroatoms. The number of likely N-dealkylation sites (tertiary alicyclic amines) is 1. The summed E-state index contributed by atoms with van der Waals surface area (Å²) in [6.07, 6.45) is 1.76. The van der Waals surface area contributed by atoms with E-state index in [1.807, 2.05) is 36.3 Å². The average molecular weight is 398 g/mol. The van der Waals surface area contributed by atoms with Crippen molar-refractivity contribution in [3.8, 4) is 10.6 Å². The topological polar surface area (TPSA) is 96.8 Å². The fourth-order valence-electron chi connectivity index (χ4n) is 3.59. The molecule has 3 aromatic heterocycles. The molecule has 1 saturated heterocycles. The molecule has 8 nitrogen and oxygen atoms in total. The van der Waals surface area contributed by atoms with E-state index in [9.17, 15) is 9.59 Å². The maximum Gasteiger partial charge on any atom is 0.251 e. The van der Waals surface area contributed by atoms with Gasteiger partial charge in [-0.3, -0.25) is 9.59 Å². The highest BCUT2D eigenvalue weighted by molar-refractivity contribution is 7.13. The Kier molecular flexibility index (Phi) is 5.08. The number of carbonyl (C=O) groups excluding carboxylic acids is 1. The van der Waals surface area contributed by atoms with Crippen molar-refractivity contribution in [1.29, 1.82) is 0 Å². The van der Waals surface area contributed by atoms with Gasteiger partial charge < -0.3 is 9.88 Å². The summed E-state index contributed by atoms with van der Waals surface area (Å²) in [6.45, 7) is 5.09. The first kappa shape index (κ1) is 18.5. The molecule has 0 aliphatic carbocycles. The summed E-state index contributed by atoms with van der Waals surface area (Å²) in [4.78, 5) is 39.5. The Morgan fingerprint density at radius 3 is 2.93 bits per heavy atom. The number of thiophene rings is 1. The molecule has 0 unspecified atom stereocenters. The second-order valence-corrected chi connectivity index (χ2v) is 7.98. The second-order valence-electron chi connectivity index (χ2n) is 7.04. The first-order valence-corrected chi connectivity index (χ1v) is 10.2. The van der Waals surface area contributed by atoms with E-state index in [1.165, 1.54) is 6.07 Å². The lowest BCUT2D eigenvalue weighted by atomic mass is 9.97. The number of amides is 1. The van der Waals surface area contributed by atoms with Crippen molar-refractivity contribution in [2.24, 2.45) is 0 Å². The van der Waals surface area contributed by atoms with Crippen molar-refractivity contribution in [3.63, 3.8) is 0 Å². The van der Waals surface area contributed by atoms with Gasteiger partial charge in [0.1, 0.15) is 24.0 Å². The van der Waals surface area contributed by atoms with Crippen LogP contribution in [0.25, 0.3) is 10.6 Å². The molecule has 1 amide bonds. The number of nitrogens with one attached hydrogen (secondary N) is 1. The Balaban J connectivity index is 1.51. The van der Waals surface area contributed by atoms with Crippen LogP contribution in [0.5, 0.6) is 0 Å². The number of nitrogens with zero attached hydrogens (tertiary/aromatic N) is 5. The standard InChI is InChI=1S/C19H22N6O2S/c1-12-20-13(2)25(23-12)11-18(27)24-7-3-5-14(10-24)19-21-15(9-17(26)22-19)16-6-4-8-28-16/h4,6,8-9,14H,3,5,7,10-11H2,1-2H3,(H,21,22,26)/t14-/m1/s1. The van der Waals surface area contributed by atoms with Gasteiger partial charge in [0.2, 0.25) is 5.91 Å². The van der Waals surface area contributed by atoms with Crippen molar-refractivity contribution in [2.75, 3.05) is 13.1 Å². The smallest absolute Gasteiger partial charge is 0.251 e. The number of aryl methyl sites for hydroxylation is 2. The highest BCUT2D eigenvalue weighted by Crippen LogP contribution is 2.27. The number of carbonyl (C=O) groups is 1. The molecule has 0 radical (unpaired) electrons. The number of hydrogen-bond acceptors (Lipinski definition) is 6. The predicted molar refractivity (Wildman–Crippen MR) is 106 cm³/mol. The molecule has 1 atom stereocenters. The molecule has 0 bridgehead atoms. The number of aromatic amines is 1. The molecular formula is C19H22N6O2S. The summed E-state index contributed by atoms with van der Waals surface area (Å²) in [7, 11) is 0. The second kappa shape index (κ2) is 7.67. The van der Waals surface area contributed by atoms with Crippen molar-refractivity contribution in [3.05, 3.63) is 51.4 Å². The Morgan fingerprint density at radius 1 is 1.36 bits per heavy atom. The molecule has 146 valence electrons. The largest absolute Gasteiger partial charge is 0.340 e. The molecular weight excluding hydrogens is 376 g/mol. The van der Waals surface area contributed by atoms with Crippen LogP contribution in [0, 0.1) is 13.8 Å². The van der Waals surface area contributed by atoms with Crippen molar-refractivity contribution < 1.29 is 4.79 Å². The van der Waals surface area contributed by atoms with Crippen molar-refractivity contribution in [2.45, 2.75) is 39.2 Å². The first-order chi connectivity index (χ1) is 13.5. The summed E-state index contributed by atoms with van der Waals surface area (Å²) >= 11 is 1.55. The number of rotatable bonds is 4. The van der Waals surface area contributed by atoms with Crippen LogP contribution in [-0.2, 0) is 11.3 Å². The molecule has 28 heavy (non-hydrogen) atoms. The molecule has 4 heterocycles. The van der Waals surface area contributed by atoms with Gasteiger partial charge in [-0.15, -0.1) is 11.3 Å². The summed E-state index contributed by atoms with van der Waals surface area (Å²) in [6, 6.07) is 5.42. The summed E-state index contributed by atoms with van der Waals surface area (Å²) in [5.74, 6) is 2.07. The fourth-order valence-corrected chi connectivity index (χ4v) is 4.27. The van der Waals surface area contributed by atoms with Crippen LogP contribution in [0.3, 0.4) is 0 Å². The lowest BCUT2D eigenvalue weighted by Crippen LogP contribution is -2.41. The zero-order chi connectivity index (χ0) is 19.7. The number of hydrogen-bond donors (Lipinski definition) is 1. The van der Waals surface area contributed by atoms with E-state index in [1.54, 1.807) is 16.0 Å². The fraction of sp³-hybridized carbons (Fsp3) is 0.421. The molecule has 0 aromatic carbocycles. The molecule has 1 aliphatic heterocycles. The van der Waals surface area contributed by atoms with Crippen molar-refractivity contribution in [1.82, 2.24) is 29.6 Å². The van der Waals surface area contributed by atoms with Gasteiger partial charge >= 0.3 is 0 Å². The Labute approximate surface area is 166 Å². The highest BCUT2D eigenvalue weighted by atomic mass is 32.1. The maximum absolute atomic E-state index is 12.8. The Hall–Kier alpha value is -2.81. The minimum atomic E-state index is -0.162. The molecule has 1 N–H and O–H groups in total. The van der Waals surface area contributed by atoms with E-state index in [0.29, 0.717) is 30.4 Å².